The van der Waals surface area contributed by atoms with Crippen LogP contribution in [0.4, 0.5) is 0 Å². The van der Waals surface area contributed by atoms with Crippen LogP contribution >= 0.6 is 0 Å². The number of hydrogen-bond acceptors (Lipinski definition) is 2. The Hall–Kier alpha value is -0.0800. The van der Waals surface area contributed by atoms with Crippen molar-refractivity contribution in [3.8, 4) is 0 Å². The highest BCUT2D eigenvalue weighted by Gasteiger charge is 2.22. The van der Waals surface area contributed by atoms with Crippen molar-refractivity contribution in [3.63, 3.8) is 0 Å². The van der Waals surface area contributed by atoms with Gasteiger partial charge in [-0.3, -0.25) is 4.90 Å². The van der Waals surface area contributed by atoms with Gasteiger partial charge in [-0.15, -0.1) is 0 Å². The smallest absolute Gasteiger partial charge is 0.0218 e. The number of nitrogens with one attached hydrogen (secondary N) is 1. The number of hydrogen-bond donors (Lipinski definition) is 1. The van der Waals surface area contributed by atoms with E-state index in [-0.39, 0.29) is 0 Å². The second-order valence-corrected chi connectivity index (χ2v) is 6.00. The molecular weight excluding hydrogens is 208 g/mol. The van der Waals surface area contributed by atoms with Gasteiger partial charge in [0.15, 0.2) is 0 Å². The lowest BCUT2D eigenvalue weighted by molar-refractivity contribution is 0.181. The molecule has 102 valence electrons. The first kappa shape index (κ1) is 15.0. The van der Waals surface area contributed by atoms with Crippen LogP contribution in [0.3, 0.4) is 0 Å². The van der Waals surface area contributed by atoms with E-state index < -0.39 is 0 Å². The molecule has 1 saturated heterocycles. The van der Waals surface area contributed by atoms with Crippen LogP contribution in [0.15, 0.2) is 0 Å². The monoisotopic (exact) mass is 240 g/mol. The maximum Gasteiger partial charge on any atom is 0.0218 e. The maximum absolute atomic E-state index is 3.69. The van der Waals surface area contributed by atoms with Crippen LogP contribution in [0.5, 0.6) is 0 Å². The van der Waals surface area contributed by atoms with Gasteiger partial charge in [-0.1, -0.05) is 40.0 Å². The van der Waals surface area contributed by atoms with Gasteiger partial charge >= 0.3 is 0 Å². The summed E-state index contributed by atoms with van der Waals surface area (Å²) in [6, 6.07) is 1.45. The Labute approximate surface area is 108 Å². The highest BCUT2D eigenvalue weighted by Crippen LogP contribution is 2.15. The SMILES string of the molecule is CCCCCC(C)N1CCCNC(C(C)C)C1. The zero-order valence-corrected chi connectivity index (χ0v) is 12.3. The lowest BCUT2D eigenvalue weighted by Crippen LogP contribution is -2.44. The van der Waals surface area contributed by atoms with E-state index in [1.54, 1.807) is 0 Å². The van der Waals surface area contributed by atoms with Crippen LogP contribution in [0.25, 0.3) is 0 Å². The molecule has 0 saturated carbocycles. The number of nitrogens with zero attached hydrogens (tertiary/aromatic N) is 1. The zero-order valence-electron chi connectivity index (χ0n) is 12.3. The van der Waals surface area contributed by atoms with Crippen molar-refractivity contribution in [2.45, 2.75) is 71.9 Å². The van der Waals surface area contributed by atoms with Gasteiger partial charge in [0.25, 0.3) is 0 Å². The number of unbranched alkanes of at least 4 members (excludes halogenated alkanes) is 2. The average Bonchev–Trinajstić information content (AvgIpc) is 2.54. The molecule has 0 aromatic carbocycles. The standard InChI is InChI=1S/C15H32N2/c1-5-6-7-9-14(4)17-11-8-10-16-15(12-17)13(2)3/h13-16H,5-12H2,1-4H3. The molecule has 1 aliphatic heterocycles. The minimum atomic E-state index is 0.686. The van der Waals surface area contributed by atoms with Crippen molar-refractivity contribution in [3.05, 3.63) is 0 Å². The van der Waals surface area contributed by atoms with Crippen LogP contribution in [0.1, 0.15) is 59.8 Å². The Morgan fingerprint density at radius 2 is 2.00 bits per heavy atom. The fourth-order valence-corrected chi connectivity index (χ4v) is 2.70. The average molecular weight is 240 g/mol. The van der Waals surface area contributed by atoms with Gasteiger partial charge < -0.3 is 5.32 Å². The third-order valence-electron chi connectivity index (χ3n) is 4.11. The molecule has 0 aromatic rings. The molecule has 2 nitrogen and oxygen atoms in total. The molecule has 2 heteroatoms. The second kappa shape index (κ2) is 8.10. The molecule has 1 aliphatic rings. The summed E-state index contributed by atoms with van der Waals surface area (Å²) in [4.78, 5) is 2.71. The van der Waals surface area contributed by atoms with Gasteiger partial charge in [-0.2, -0.15) is 0 Å². The highest BCUT2D eigenvalue weighted by molar-refractivity contribution is 4.81. The minimum Gasteiger partial charge on any atom is -0.312 e. The normalized spacial score (nSPS) is 24.9. The Morgan fingerprint density at radius 3 is 2.65 bits per heavy atom. The fourth-order valence-electron chi connectivity index (χ4n) is 2.70. The van der Waals surface area contributed by atoms with E-state index in [4.69, 9.17) is 0 Å². The van der Waals surface area contributed by atoms with Crippen LogP contribution in [0.2, 0.25) is 0 Å². The van der Waals surface area contributed by atoms with Gasteiger partial charge in [0, 0.05) is 18.6 Å². The maximum atomic E-state index is 3.69. The van der Waals surface area contributed by atoms with E-state index in [0.717, 1.165) is 12.0 Å². The molecule has 0 radical (unpaired) electrons. The van der Waals surface area contributed by atoms with Gasteiger partial charge in [0.05, 0.1) is 0 Å². The van der Waals surface area contributed by atoms with Gasteiger partial charge in [0.1, 0.15) is 0 Å². The van der Waals surface area contributed by atoms with Crippen LogP contribution in [0, 0.1) is 5.92 Å². The van der Waals surface area contributed by atoms with Crippen molar-refractivity contribution in [1.82, 2.24) is 10.2 Å². The molecule has 0 aliphatic carbocycles. The molecule has 17 heavy (non-hydrogen) atoms. The quantitative estimate of drug-likeness (QED) is 0.717. The van der Waals surface area contributed by atoms with E-state index in [1.165, 1.54) is 51.7 Å². The fraction of sp³-hybridized carbons (Fsp3) is 1.00. The molecule has 1 rings (SSSR count). The van der Waals surface area contributed by atoms with Crippen LogP contribution < -0.4 is 5.32 Å². The van der Waals surface area contributed by atoms with Crippen molar-refractivity contribution < 1.29 is 0 Å². The summed E-state index contributed by atoms with van der Waals surface area (Å²) in [6.07, 6.45) is 6.81. The first-order valence-corrected chi connectivity index (χ1v) is 7.62. The molecule has 0 spiro atoms. The summed E-state index contributed by atoms with van der Waals surface area (Å²) in [6.45, 7) is 13.1. The Kier molecular flexibility index (Phi) is 7.14. The van der Waals surface area contributed by atoms with Crippen LogP contribution in [-0.4, -0.2) is 36.6 Å². The summed E-state index contributed by atoms with van der Waals surface area (Å²) >= 11 is 0. The predicted molar refractivity (Wildman–Crippen MR) is 76.4 cm³/mol. The molecule has 1 heterocycles. The summed E-state index contributed by atoms with van der Waals surface area (Å²) in [5.74, 6) is 0.749. The van der Waals surface area contributed by atoms with Crippen molar-refractivity contribution in [2.75, 3.05) is 19.6 Å². The predicted octanol–water partition coefficient (Wildman–Crippen LogP) is 3.28. The third-order valence-corrected chi connectivity index (χ3v) is 4.11. The third kappa shape index (κ3) is 5.39. The van der Waals surface area contributed by atoms with E-state index in [0.29, 0.717) is 6.04 Å². The van der Waals surface area contributed by atoms with E-state index in [9.17, 15) is 0 Å². The molecule has 2 atom stereocenters. The molecule has 0 bridgehead atoms. The molecule has 2 unspecified atom stereocenters. The van der Waals surface area contributed by atoms with Gasteiger partial charge in [0.2, 0.25) is 0 Å². The summed E-state index contributed by atoms with van der Waals surface area (Å²) in [7, 11) is 0. The largest absolute Gasteiger partial charge is 0.312 e. The summed E-state index contributed by atoms with van der Waals surface area (Å²) in [5.41, 5.74) is 0. The van der Waals surface area contributed by atoms with Gasteiger partial charge in [-0.25, -0.2) is 0 Å². The second-order valence-electron chi connectivity index (χ2n) is 6.00. The van der Waals surface area contributed by atoms with Crippen molar-refractivity contribution >= 4 is 0 Å². The molecule has 0 aromatic heterocycles. The Bertz CT molecular complexity index is 191. The lowest BCUT2D eigenvalue weighted by Gasteiger charge is -2.31. The molecule has 0 amide bonds. The highest BCUT2D eigenvalue weighted by atomic mass is 15.2. The van der Waals surface area contributed by atoms with Crippen LogP contribution in [-0.2, 0) is 0 Å². The molecular formula is C15H32N2. The number of rotatable bonds is 6. The lowest BCUT2D eigenvalue weighted by atomic mass is 10.0. The minimum absolute atomic E-state index is 0.686. The topological polar surface area (TPSA) is 15.3 Å². The van der Waals surface area contributed by atoms with E-state index >= 15 is 0 Å². The van der Waals surface area contributed by atoms with E-state index in [2.05, 4.69) is 37.9 Å². The Morgan fingerprint density at radius 1 is 1.24 bits per heavy atom. The summed E-state index contributed by atoms with van der Waals surface area (Å²) < 4.78 is 0. The first-order valence-electron chi connectivity index (χ1n) is 7.62. The van der Waals surface area contributed by atoms with Crippen molar-refractivity contribution in [1.29, 1.82) is 0 Å². The molecule has 1 fully saturated rings. The van der Waals surface area contributed by atoms with E-state index in [1.807, 2.05) is 0 Å². The first-order chi connectivity index (χ1) is 8.15. The zero-order chi connectivity index (χ0) is 12.7. The van der Waals surface area contributed by atoms with Gasteiger partial charge in [-0.05, 0) is 38.8 Å². The Balaban J connectivity index is 2.38. The summed E-state index contributed by atoms with van der Waals surface area (Å²) in [5, 5.41) is 3.69. The molecule has 1 N–H and O–H groups in total. The van der Waals surface area contributed by atoms with Crippen molar-refractivity contribution in [2.24, 2.45) is 5.92 Å².